The van der Waals surface area contributed by atoms with E-state index < -0.39 is 10.0 Å². The number of benzene rings is 1. The van der Waals surface area contributed by atoms with Gasteiger partial charge in [0.25, 0.3) is 0 Å². The van der Waals surface area contributed by atoms with Crippen molar-refractivity contribution in [2.75, 3.05) is 45.3 Å². The van der Waals surface area contributed by atoms with Gasteiger partial charge in [0, 0.05) is 37.1 Å². The van der Waals surface area contributed by atoms with Gasteiger partial charge < -0.3 is 14.4 Å². The highest BCUT2D eigenvalue weighted by molar-refractivity contribution is 7.89. The number of piperazine rings is 1. The van der Waals surface area contributed by atoms with Crippen LogP contribution in [0, 0.1) is 0 Å². The molecule has 0 unspecified atom stereocenters. The average Bonchev–Trinajstić information content (AvgIpc) is 3.04. The number of anilines is 1. The molecule has 0 atom stereocenters. The Kier molecular flexibility index (Phi) is 6.15. The Balaban J connectivity index is 1.38. The molecule has 0 radical (unpaired) electrons. The summed E-state index contributed by atoms with van der Waals surface area (Å²) in [5, 5.41) is 1.18. The summed E-state index contributed by atoms with van der Waals surface area (Å²) in [4.78, 5) is 14.1. The lowest BCUT2D eigenvalue weighted by atomic mass is 10.1. The first-order valence-electron chi connectivity index (χ1n) is 11.3. The molecule has 176 valence electrons. The maximum Gasteiger partial charge on any atom is 0.243 e. The Labute approximate surface area is 198 Å². The number of rotatable bonds is 5. The number of hydrogen-bond acceptors (Lipinski definition) is 8. The molecule has 0 saturated carbocycles. The number of aryl methyl sites for hydroxylation is 2. The zero-order valence-corrected chi connectivity index (χ0v) is 20.5. The van der Waals surface area contributed by atoms with Gasteiger partial charge in [-0.25, -0.2) is 18.4 Å². The van der Waals surface area contributed by atoms with Crippen LogP contribution in [0.1, 0.15) is 29.7 Å². The quantitative estimate of drug-likeness (QED) is 0.508. The van der Waals surface area contributed by atoms with E-state index >= 15 is 0 Å². The minimum atomic E-state index is -3.64. The summed E-state index contributed by atoms with van der Waals surface area (Å²) in [5.74, 6) is 1.85. The molecule has 3 heterocycles. The number of sulfonamides is 1. The van der Waals surface area contributed by atoms with E-state index in [-0.39, 0.29) is 4.90 Å². The fourth-order valence-electron chi connectivity index (χ4n) is 4.76. The van der Waals surface area contributed by atoms with Gasteiger partial charge in [-0.3, -0.25) is 0 Å². The maximum atomic E-state index is 13.3. The molecule has 3 aromatic rings. The highest BCUT2D eigenvalue weighted by Crippen LogP contribution is 2.39. The van der Waals surface area contributed by atoms with E-state index in [1.807, 2.05) is 0 Å². The molecule has 1 aromatic carbocycles. The average molecular weight is 489 g/mol. The van der Waals surface area contributed by atoms with Gasteiger partial charge in [0.05, 0.1) is 24.5 Å². The zero-order valence-electron chi connectivity index (χ0n) is 18.9. The molecule has 5 rings (SSSR count). The van der Waals surface area contributed by atoms with E-state index in [1.165, 1.54) is 59.7 Å². The number of hydrogen-bond donors (Lipinski definition) is 0. The number of fused-ring (bicyclic) bond motifs is 3. The normalized spacial score (nSPS) is 17.6. The summed E-state index contributed by atoms with van der Waals surface area (Å²) in [6, 6.07) is 4.72. The van der Waals surface area contributed by atoms with Crippen LogP contribution in [0.5, 0.6) is 11.5 Å². The molecule has 10 heteroatoms. The van der Waals surface area contributed by atoms with Crippen molar-refractivity contribution in [3.05, 3.63) is 35.0 Å². The largest absolute Gasteiger partial charge is 0.493 e. The van der Waals surface area contributed by atoms with Gasteiger partial charge in [-0.2, -0.15) is 4.31 Å². The van der Waals surface area contributed by atoms with Crippen molar-refractivity contribution in [2.45, 2.75) is 37.0 Å². The molecule has 0 bridgehead atoms. The van der Waals surface area contributed by atoms with Crippen LogP contribution >= 0.6 is 11.3 Å². The first-order chi connectivity index (χ1) is 16.0. The summed E-state index contributed by atoms with van der Waals surface area (Å²) in [7, 11) is -0.606. The molecule has 2 aliphatic rings. The van der Waals surface area contributed by atoms with Gasteiger partial charge in [0.2, 0.25) is 10.0 Å². The molecule has 0 spiro atoms. The van der Waals surface area contributed by atoms with Gasteiger partial charge in [-0.05, 0) is 43.4 Å². The van der Waals surface area contributed by atoms with Crippen molar-refractivity contribution in [2.24, 2.45) is 0 Å². The monoisotopic (exact) mass is 488 g/mol. The number of thiophene rings is 1. The highest BCUT2D eigenvalue weighted by Gasteiger charge is 2.31. The molecule has 2 aromatic heterocycles. The Morgan fingerprint density at radius 1 is 0.939 bits per heavy atom. The Morgan fingerprint density at radius 2 is 1.70 bits per heavy atom. The Morgan fingerprint density at radius 3 is 2.45 bits per heavy atom. The molecule has 1 aliphatic heterocycles. The first kappa shape index (κ1) is 22.4. The number of ether oxygens (including phenoxy) is 2. The Hall–Kier alpha value is -2.43. The fourth-order valence-corrected chi connectivity index (χ4v) is 7.42. The first-order valence-corrected chi connectivity index (χ1v) is 13.5. The van der Waals surface area contributed by atoms with E-state index in [2.05, 4.69) is 14.9 Å². The van der Waals surface area contributed by atoms with Crippen LogP contribution in [-0.4, -0.2) is 63.1 Å². The summed E-state index contributed by atoms with van der Waals surface area (Å²) in [6.45, 7) is 1.97. The van der Waals surface area contributed by atoms with Gasteiger partial charge in [-0.15, -0.1) is 11.3 Å². The van der Waals surface area contributed by atoms with E-state index in [4.69, 9.17) is 9.47 Å². The summed E-state index contributed by atoms with van der Waals surface area (Å²) in [6.07, 6.45) is 7.52. The van der Waals surface area contributed by atoms with Gasteiger partial charge in [0.15, 0.2) is 11.5 Å². The molecule has 1 fully saturated rings. The summed E-state index contributed by atoms with van der Waals surface area (Å²) in [5.41, 5.74) is 1.41. The molecular weight excluding hydrogens is 460 g/mol. The lowest BCUT2D eigenvalue weighted by molar-refractivity contribution is 0.353. The second-order valence-corrected chi connectivity index (χ2v) is 11.4. The van der Waals surface area contributed by atoms with Crippen molar-refractivity contribution < 1.29 is 17.9 Å². The lowest BCUT2D eigenvalue weighted by Crippen LogP contribution is -2.49. The van der Waals surface area contributed by atoms with Crippen LogP contribution < -0.4 is 14.4 Å². The molecule has 1 saturated heterocycles. The number of nitrogens with zero attached hydrogens (tertiary/aromatic N) is 4. The SMILES string of the molecule is COc1ccc(S(=O)(=O)N2CCN(c3ncnc4sc5c(c34)CCCCC5)CC2)cc1OC. The standard InChI is InChI=1S/C23H28N4O4S2/c1-30-18-9-8-16(14-19(18)31-2)33(28,29)27-12-10-26(11-13-27)22-21-17-6-4-3-5-7-20(17)32-23(21)25-15-24-22/h8-9,14-15H,3-7,10-13H2,1-2H3. The van der Waals surface area contributed by atoms with Crippen molar-refractivity contribution >= 4 is 37.4 Å². The highest BCUT2D eigenvalue weighted by atomic mass is 32.2. The van der Waals surface area contributed by atoms with Gasteiger partial charge in [-0.1, -0.05) is 6.42 Å². The van der Waals surface area contributed by atoms with Crippen LogP contribution in [0.25, 0.3) is 10.2 Å². The van der Waals surface area contributed by atoms with Gasteiger partial charge in [0.1, 0.15) is 17.0 Å². The molecule has 1 aliphatic carbocycles. The molecule has 33 heavy (non-hydrogen) atoms. The summed E-state index contributed by atoms with van der Waals surface area (Å²) < 4.78 is 38.6. The second kappa shape index (κ2) is 9.08. The predicted molar refractivity (Wildman–Crippen MR) is 129 cm³/mol. The van der Waals surface area contributed by atoms with E-state index in [0.29, 0.717) is 37.7 Å². The molecule has 0 N–H and O–H groups in total. The molecular formula is C23H28N4O4S2. The van der Waals surface area contributed by atoms with Crippen LogP contribution in [-0.2, 0) is 22.9 Å². The lowest BCUT2D eigenvalue weighted by Gasteiger charge is -2.35. The van der Waals surface area contributed by atoms with Crippen LogP contribution in [0.2, 0.25) is 0 Å². The Bertz CT molecular complexity index is 1270. The fraction of sp³-hybridized carbons (Fsp3) is 0.478. The number of aromatic nitrogens is 2. The predicted octanol–water partition coefficient (Wildman–Crippen LogP) is 3.49. The van der Waals surface area contributed by atoms with E-state index in [1.54, 1.807) is 29.8 Å². The third-order valence-electron chi connectivity index (χ3n) is 6.51. The minimum absolute atomic E-state index is 0.209. The van der Waals surface area contributed by atoms with Crippen LogP contribution in [0.3, 0.4) is 0 Å². The summed E-state index contributed by atoms with van der Waals surface area (Å²) >= 11 is 1.79. The third kappa shape index (κ3) is 4.04. The van der Waals surface area contributed by atoms with Crippen molar-refractivity contribution in [1.29, 1.82) is 0 Å². The van der Waals surface area contributed by atoms with E-state index in [9.17, 15) is 8.42 Å². The third-order valence-corrected chi connectivity index (χ3v) is 9.61. The van der Waals surface area contributed by atoms with Crippen molar-refractivity contribution in [3.63, 3.8) is 0 Å². The minimum Gasteiger partial charge on any atom is -0.493 e. The second-order valence-electron chi connectivity index (χ2n) is 8.35. The zero-order chi connectivity index (χ0) is 23.0. The van der Waals surface area contributed by atoms with Crippen molar-refractivity contribution in [3.8, 4) is 11.5 Å². The number of methoxy groups -OCH3 is 2. The topological polar surface area (TPSA) is 84.9 Å². The smallest absolute Gasteiger partial charge is 0.243 e. The van der Waals surface area contributed by atoms with Crippen molar-refractivity contribution in [1.82, 2.24) is 14.3 Å². The van der Waals surface area contributed by atoms with Crippen LogP contribution in [0.15, 0.2) is 29.4 Å². The maximum absolute atomic E-state index is 13.3. The molecule has 0 amide bonds. The molecule has 8 nitrogen and oxygen atoms in total. The van der Waals surface area contributed by atoms with E-state index in [0.717, 1.165) is 23.5 Å². The van der Waals surface area contributed by atoms with Gasteiger partial charge >= 0.3 is 0 Å². The van der Waals surface area contributed by atoms with Crippen LogP contribution in [0.4, 0.5) is 5.82 Å².